The van der Waals surface area contributed by atoms with Gasteiger partial charge in [0.15, 0.2) is 5.96 Å². The molecule has 2 N–H and O–H groups in total. The molecule has 4 rings (SSSR count). The second-order valence-electron chi connectivity index (χ2n) is 7.64. The molecular weight excluding hydrogens is 372 g/mol. The van der Waals surface area contributed by atoms with Crippen LogP contribution in [0.15, 0.2) is 60.1 Å². The van der Waals surface area contributed by atoms with Crippen molar-refractivity contribution in [1.29, 1.82) is 0 Å². The van der Waals surface area contributed by atoms with Gasteiger partial charge in [0.1, 0.15) is 0 Å². The van der Waals surface area contributed by atoms with Crippen LogP contribution in [0, 0.1) is 0 Å². The molecule has 0 saturated carbocycles. The summed E-state index contributed by atoms with van der Waals surface area (Å²) in [4.78, 5) is 16.5. The zero-order valence-electron chi connectivity index (χ0n) is 16.3. The third-order valence-electron chi connectivity index (χ3n) is 5.81. The van der Waals surface area contributed by atoms with E-state index in [1.54, 1.807) is 13.1 Å². The summed E-state index contributed by atoms with van der Waals surface area (Å²) in [5.41, 5.74) is 3.15. The number of nitrogens with zero attached hydrogens (tertiary/aromatic N) is 1. The van der Waals surface area contributed by atoms with Gasteiger partial charge in [-0.1, -0.05) is 36.9 Å². The van der Waals surface area contributed by atoms with E-state index in [1.165, 1.54) is 17.7 Å². The van der Waals surface area contributed by atoms with E-state index in [-0.39, 0.29) is 11.5 Å². The predicted molar refractivity (Wildman–Crippen MR) is 110 cm³/mol. The van der Waals surface area contributed by atoms with Crippen molar-refractivity contribution in [2.45, 2.75) is 37.1 Å². The summed E-state index contributed by atoms with van der Waals surface area (Å²) in [6, 6.07) is 12.4. The van der Waals surface area contributed by atoms with Crippen molar-refractivity contribution in [3.05, 3.63) is 71.8 Å². The number of rotatable bonds is 3. The Balaban J connectivity index is 1.80. The number of carbonyl (C=O) groups excluding carboxylic acids is 1. The lowest BCUT2D eigenvalue weighted by Gasteiger charge is -2.43. The molecule has 0 radical (unpaired) electrons. The monoisotopic (exact) mass is 395 g/mol. The van der Waals surface area contributed by atoms with Gasteiger partial charge >= 0.3 is 0 Å². The van der Waals surface area contributed by atoms with Gasteiger partial charge in [-0.2, -0.15) is 8.78 Å². The number of amides is 1. The Morgan fingerprint density at radius 3 is 2.76 bits per heavy atom. The minimum atomic E-state index is -3.08. The van der Waals surface area contributed by atoms with Crippen molar-refractivity contribution in [3.63, 3.8) is 0 Å². The molecular formula is C23H23F2N3O. The Kier molecular flexibility index (Phi) is 4.73. The highest BCUT2D eigenvalue weighted by Gasteiger charge is 2.42. The smallest absolute Gasteiger partial charge is 0.291 e. The van der Waals surface area contributed by atoms with Gasteiger partial charge in [0, 0.05) is 12.6 Å². The summed E-state index contributed by atoms with van der Waals surface area (Å²) in [5.74, 6) is -2.69. The molecule has 1 atom stereocenters. The number of hydrogen-bond donors (Lipinski definition) is 2. The quantitative estimate of drug-likeness (QED) is 0.763. The summed E-state index contributed by atoms with van der Waals surface area (Å²) < 4.78 is 28.2. The second-order valence-corrected chi connectivity index (χ2v) is 7.64. The third kappa shape index (κ3) is 3.43. The lowest BCUT2D eigenvalue weighted by Crippen LogP contribution is -2.60. The molecule has 0 unspecified atom stereocenters. The van der Waals surface area contributed by atoms with E-state index in [2.05, 4.69) is 22.2 Å². The van der Waals surface area contributed by atoms with Crippen molar-refractivity contribution < 1.29 is 13.6 Å². The number of alkyl halides is 2. The Morgan fingerprint density at radius 2 is 2.00 bits per heavy atom. The van der Waals surface area contributed by atoms with Crippen LogP contribution < -0.4 is 10.6 Å². The number of guanidine groups is 1. The van der Waals surface area contributed by atoms with E-state index in [0.717, 1.165) is 30.4 Å². The van der Waals surface area contributed by atoms with Crippen molar-refractivity contribution in [2.24, 2.45) is 4.99 Å². The van der Waals surface area contributed by atoms with Crippen molar-refractivity contribution in [3.8, 4) is 11.1 Å². The summed E-state index contributed by atoms with van der Waals surface area (Å²) in [6.07, 6.45) is 3.67. The van der Waals surface area contributed by atoms with Crippen LogP contribution in [-0.4, -0.2) is 18.9 Å². The fourth-order valence-electron chi connectivity index (χ4n) is 4.34. The molecule has 2 aromatic carbocycles. The highest BCUT2D eigenvalue weighted by atomic mass is 19.3. The van der Waals surface area contributed by atoms with Crippen LogP contribution in [0.1, 0.15) is 36.0 Å². The van der Waals surface area contributed by atoms with Crippen LogP contribution in [-0.2, 0) is 22.7 Å². The van der Waals surface area contributed by atoms with Crippen LogP contribution in [0.3, 0.4) is 0 Å². The van der Waals surface area contributed by atoms with Crippen LogP contribution in [0.4, 0.5) is 8.78 Å². The number of hydrogen-bond acceptors (Lipinski definition) is 2. The van der Waals surface area contributed by atoms with Crippen molar-refractivity contribution >= 4 is 11.9 Å². The third-order valence-corrected chi connectivity index (χ3v) is 5.81. The largest absolute Gasteiger partial charge is 0.346 e. The Bertz CT molecular complexity index is 1010. The summed E-state index contributed by atoms with van der Waals surface area (Å²) >= 11 is 0. The minimum absolute atomic E-state index is 0.0739. The molecule has 4 nitrogen and oxygen atoms in total. The molecule has 0 bridgehead atoms. The van der Waals surface area contributed by atoms with Gasteiger partial charge in [-0.3, -0.25) is 15.1 Å². The lowest BCUT2D eigenvalue weighted by molar-refractivity contribution is -0.122. The fourth-order valence-corrected chi connectivity index (χ4v) is 4.34. The second kappa shape index (κ2) is 7.10. The predicted octanol–water partition coefficient (Wildman–Crippen LogP) is 4.26. The first-order valence-corrected chi connectivity index (χ1v) is 9.67. The Labute approximate surface area is 168 Å². The molecule has 150 valence electrons. The van der Waals surface area contributed by atoms with E-state index >= 15 is 0 Å². The first-order valence-electron chi connectivity index (χ1n) is 9.67. The molecule has 1 spiro atoms. The molecule has 1 aliphatic carbocycles. The van der Waals surface area contributed by atoms with E-state index in [0.29, 0.717) is 24.0 Å². The molecule has 1 saturated heterocycles. The standard InChI is InChI=1S/C23H23F2N3O/c1-3-23(24,25)18-8-4-6-16(12-18)17-10-9-15-7-5-11-22(19(15)13-17)14-20(29)27-21(26-2)28-22/h3-4,6,8-10,12-13H,1,5,7,11,14H2,2H3,(H2,26,27,28,29)/t22-/m0/s1. The minimum Gasteiger partial charge on any atom is -0.346 e. The van der Waals surface area contributed by atoms with E-state index in [1.807, 2.05) is 24.3 Å². The van der Waals surface area contributed by atoms with Gasteiger partial charge in [0.2, 0.25) is 5.91 Å². The van der Waals surface area contributed by atoms with Gasteiger partial charge in [-0.05, 0) is 59.7 Å². The molecule has 6 heteroatoms. The van der Waals surface area contributed by atoms with E-state index in [4.69, 9.17) is 0 Å². The van der Waals surface area contributed by atoms with E-state index < -0.39 is 11.5 Å². The SMILES string of the molecule is C=CC(F)(F)c1cccc(-c2ccc3c(c2)[C@]2(CCC3)CC(=O)NC(=NC)N2)c1. The summed E-state index contributed by atoms with van der Waals surface area (Å²) in [6.45, 7) is 3.24. The van der Waals surface area contributed by atoms with Gasteiger partial charge in [0.05, 0.1) is 12.0 Å². The maximum atomic E-state index is 14.1. The van der Waals surface area contributed by atoms with Gasteiger partial charge < -0.3 is 5.32 Å². The van der Waals surface area contributed by atoms with Crippen molar-refractivity contribution in [2.75, 3.05) is 7.05 Å². The van der Waals surface area contributed by atoms with Gasteiger partial charge in [-0.15, -0.1) is 0 Å². The number of aryl methyl sites for hydroxylation is 1. The summed E-state index contributed by atoms with van der Waals surface area (Å²) in [7, 11) is 1.63. The molecule has 2 aromatic rings. The van der Waals surface area contributed by atoms with Gasteiger partial charge in [-0.25, -0.2) is 0 Å². The number of fused-ring (bicyclic) bond motifs is 2. The molecule has 29 heavy (non-hydrogen) atoms. The van der Waals surface area contributed by atoms with Crippen LogP contribution in [0.25, 0.3) is 11.1 Å². The zero-order chi connectivity index (χ0) is 20.6. The van der Waals surface area contributed by atoms with Gasteiger partial charge in [0.25, 0.3) is 5.92 Å². The molecule has 1 fully saturated rings. The maximum Gasteiger partial charge on any atom is 0.291 e. The highest BCUT2D eigenvalue weighted by molar-refractivity contribution is 6.00. The molecule has 1 amide bonds. The molecule has 1 heterocycles. The number of halogens is 2. The fraction of sp³-hybridized carbons (Fsp3) is 0.304. The first kappa shape index (κ1) is 19.3. The maximum absolute atomic E-state index is 14.1. The van der Waals surface area contributed by atoms with Crippen LogP contribution in [0.5, 0.6) is 0 Å². The Hall–Kier alpha value is -3.02. The highest BCUT2D eigenvalue weighted by Crippen LogP contribution is 2.41. The average molecular weight is 395 g/mol. The molecule has 1 aliphatic heterocycles. The molecule has 0 aromatic heterocycles. The first-order chi connectivity index (χ1) is 13.9. The normalized spacial score (nSPS) is 22.7. The van der Waals surface area contributed by atoms with Crippen LogP contribution in [0.2, 0.25) is 0 Å². The summed E-state index contributed by atoms with van der Waals surface area (Å²) in [5, 5.41) is 6.17. The zero-order valence-corrected chi connectivity index (χ0v) is 16.3. The number of nitrogens with one attached hydrogen (secondary N) is 2. The lowest BCUT2D eigenvalue weighted by atomic mass is 9.73. The van der Waals surface area contributed by atoms with Crippen molar-refractivity contribution in [1.82, 2.24) is 10.6 Å². The number of carbonyl (C=O) groups is 1. The van der Waals surface area contributed by atoms with Crippen LogP contribution >= 0.6 is 0 Å². The average Bonchev–Trinajstić information content (AvgIpc) is 2.73. The number of benzene rings is 2. The Morgan fingerprint density at radius 1 is 1.21 bits per heavy atom. The number of allylic oxidation sites excluding steroid dienone is 1. The number of aliphatic imine (C=N–C) groups is 1. The molecule has 2 aliphatic rings. The van der Waals surface area contributed by atoms with E-state index in [9.17, 15) is 13.6 Å². The topological polar surface area (TPSA) is 53.5 Å².